The Kier molecular flexibility index (Phi) is 8.23. The second-order valence-electron chi connectivity index (χ2n) is 6.96. The summed E-state index contributed by atoms with van der Waals surface area (Å²) in [6.45, 7) is 7.98. The van der Waals surface area contributed by atoms with Crippen molar-refractivity contribution in [3.63, 3.8) is 0 Å². The van der Waals surface area contributed by atoms with Crippen LogP contribution < -0.4 is 14.8 Å². The number of nitrogens with zero attached hydrogens (tertiary/aromatic N) is 1. The molecule has 0 aliphatic carbocycles. The molecule has 1 aromatic carbocycles. The molecule has 0 unspecified atom stereocenters. The van der Waals surface area contributed by atoms with Crippen LogP contribution in [0.5, 0.6) is 11.5 Å². The lowest BCUT2D eigenvalue weighted by atomic mass is 10.1. The molecule has 1 heterocycles. The van der Waals surface area contributed by atoms with Crippen molar-refractivity contribution in [3.05, 3.63) is 24.3 Å². The van der Waals surface area contributed by atoms with E-state index in [1.807, 2.05) is 39.0 Å². The molecular weight excluding hydrogens is 348 g/mol. The Hall–Kier alpha value is -2.44. The van der Waals surface area contributed by atoms with Gasteiger partial charge in [-0.15, -0.1) is 0 Å². The van der Waals surface area contributed by atoms with E-state index in [4.69, 9.17) is 14.2 Å². The third-order valence-corrected chi connectivity index (χ3v) is 4.22. The van der Waals surface area contributed by atoms with E-state index in [0.29, 0.717) is 56.6 Å². The third-order valence-electron chi connectivity index (χ3n) is 4.22. The van der Waals surface area contributed by atoms with Gasteiger partial charge in [0.1, 0.15) is 0 Å². The van der Waals surface area contributed by atoms with Gasteiger partial charge in [0.2, 0.25) is 0 Å². The number of ether oxygens (including phenoxy) is 3. The van der Waals surface area contributed by atoms with Crippen molar-refractivity contribution >= 4 is 12.0 Å². The molecule has 7 nitrogen and oxygen atoms in total. The van der Waals surface area contributed by atoms with Gasteiger partial charge in [0, 0.05) is 19.1 Å². The molecule has 27 heavy (non-hydrogen) atoms. The molecule has 2 rings (SSSR count). The number of likely N-dealkylation sites (tertiary alicyclic amines) is 1. The zero-order valence-corrected chi connectivity index (χ0v) is 16.4. The summed E-state index contributed by atoms with van der Waals surface area (Å²) < 4.78 is 16.3. The molecule has 1 saturated heterocycles. The van der Waals surface area contributed by atoms with Crippen molar-refractivity contribution in [3.8, 4) is 11.5 Å². The molecule has 0 spiro atoms. The van der Waals surface area contributed by atoms with Crippen LogP contribution in [0.15, 0.2) is 24.3 Å². The normalized spacial score (nSPS) is 14.7. The van der Waals surface area contributed by atoms with E-state index in [-0.39, 0.29) is 24.6 Å². The molecule has 1 aromatic rings. The molecule has 7 heteroatoms. The van der Waals surface area contributed by atoms with Crippen molar-refractivity contribution < 1.29 is 23.8 Å². The predicted octanol–water partition coefficient (Wildman–Crippen LogP) is 2.84. The molecule has 0 radical (unpaired) electrons. The first-order valence-corrected chi connectivity index (χ1v) is 9.55. The van der Waals surface area contributed by atoms with E-state index >= 15 is 0 Å². The van der Waals surface area contributed by atoms with Crippen LogP contribution in [0.1, 0.15) is 33.6 Å². The van der Waals surface area contributed by atoms with Gasteiger partial charge in [-0.2, -0.15) is 0 Å². The molecule has 150 valence electrons. The Morgan fingerprint density at radius 1 is 1.15 bits per heavy atom. The Bertz CT molecular complexity index is 612. The first kappa shape index (κ1) is 20.9. The van der Waals surface area contributed by atoms with Gasteiger partial charge in [0.15, 0.2) is 18.1 Å². The number of carbonyl (C=O) groups excluding carboxylic acids is 2. The quantitative estimate of drug-likeness (QED) is 0.753. The molecule has 0 atom stereocenters. The van der Waals surface area contributed by atoms with E-state index in [1.54, 1.807) is 11.0 Å². The summed E-state index contributed by atoms with van der Waals surface area (Å²) in [5.41, 5.74) is 0. The lowest BCUT2D eigenvalue weighted by molar-refractivity contribution is -0.134. The van der Waals surface area contributed by atoms with E-state index in [2.05, 4.69) is 5.32 Å². The maximum Gasteiger partial charge on any atom is 0.407 e. The number of benzene rings is 1. The minimum Gasteiger partial charge on any atom is -0.490 e. The van der Waals surface area contributed by atoms with Crippen molar-refractivity contribution in [1.82, 2.24) is 10.2 Å². The lowest BCUT2D eigenvalue weighted by Gasteiger charge is -2.32. The number of alkyl carbamates (subject to hydrolysis) is 1. The third kappa shape index (κ3) is 7.00. The monoisotopic (exact) mass is 378 g/mol. The summed E-state index contributed by atoms with van der Waals surface area (Å²) in [5, 5.41) is 2.87. The van der Waals surface area contributed by atoms with E-state index in [9.17, 15) is 9.59 Å². The largest absolute Gasteiger partial charge is 0.490 e. The average Bonchev–Trinajstić information content (AvgIpc) is 2.66. The molecule has 0 saturated carbocycles. The number of carbonyl (C=O) groups is 2. The highest BCUT2D eigenvalue weighted by atomic mass is 16.5. The first-order valence-electron chi connectivity index (χ1n) is 9.55. The summed E-state index contributed by atoms with van der Waals surface area (Å²) in [6, 6.07) is 7.35. The molecule has 1 aliphatic rings. The van der Waals surface area contributed by atoms with E-state index in [0.717, 1.165) is 0 Å². The van der Waals surface area contributed by atoms with Gasteiger partial charge in [0.05, 0.1) is 13.2 Å². The predicted molar refractivity (Wildman–Crippen MR) is 102 cm³/mol. The molecule has 0 aromatic heterocycles. The zero-order chi connectivity index (χ0) is 19.6. The molecular formula is C20H30N2O5. The van der Waals surface area contributed by atoms with Gasteiger partial charge < -0.3 is 24.4 Å². The average molecular weight is 378 g/mol. The molecule has 2 amide bonds. The maximum absolute atomic E-state index is 12.4. The molecule has 1 N–H and O–H groups in total. The fourth-order valence-corrected chi connectivity index (χ4v) is 2.80. The maximum atomic E-state index is 12.4. The van der Waals surface area contributed by atoms with E-state index < -0.39 is 0 Å². The second kappa shape index (κ2) is 10.6. The highest BCUT2D eigenvalue weighted by Gasteiger charge is 2.24. The number of amides is 2. The van der Waals surface area contributed by atoms with Crippen LogP contribution in [-0.4, -0.2) is 55.9 Å². The minimum absolute atomic E-state index is 0.0292. The van der Waals surface area contributed by atoms with Crippen LogP contribution in [0.2, 0.25) is 0 Å². The van der Waals surface area contributed by atoms with Gasteiger partial charge in [0.25, 0.3) is 5.91 Å². The standard InChI is InChI=1S/C20H30N2O5/c1-4-25-17-7-5-6-8-18(17)26-14-19(23)22-11-9-16(10-12-22)21-20(24)27-13-15(2)3/h5-8,15-16H,4,9-14H2,1-3H3,(H,21,24). The van der Waals surface area contributed by atoms with Crippen LogP contribution in [-0.2, 0) is 9.53 Å². The van der Waals surface area contributed by atoms with Crippen LogP contribution in [0.25, 0.3) is 0 Å². The number of nitrogens with one attached hydrogen (secondary N) is 1. The molecule has 1 aliphatic heterocycles. The van der Waals surface area contributed by atoms with Crippen LogP contribution >= 0.6 is 0 Å². The number of hydrogen-bond acceptors (Lipinski definition) is 5. The zero-order valence-electron chi connectivity index (χ0n) is 16.4. The summed E-state index contributed by atoms with van der Waals surface area (Å²) in [6.07, 6.45) is 1.03. The van der Waals surface area contributed by atoms with Crippen LogP contribution in [0, 0.1) is 5.92 Å². The Morgan fingerprint density at radius 3 is 2.37 bits per heavy atom. The van der Waals surface area contributed by atoms with Gasteiger partial charge in [-0.1, -0.05) is 26.0 Å². The van der Waals surface area contributed by atoms with Crippen molar-refractivity contribution in [1.29, 1.82) is 0 Å². The summed E-state index contributed by atoms with van der Waals surface area (Å²) in [5.74, 6) is 1.44. The SMILES string of the molecule is CCOc1ccccc1OCC(=O)N1CCC(NC(=O)OCC(C)C)CC1. The first-order chi connectivity index (χ1) is 13.0. The number of rotatable bonds is 8. The van der Waals surface area contributed by atoms with Gasteiger partial charge in [-0.3, -0.25) is 4.79 Å². The minimum atomic E-state index is -0.385. The number of hydrogen-bond donors (Lipinski definition) is 1. The lowest BCUT2D eigenvalue weighted by Crippen LogP contribution is -2.47. The van der Waals surface area contributed by atoms with Crippen molar-refractivity contribution in [2.75, 3.05) is 32.9 Å². The fraction of sp³-hybridized carbons (Fsp3) is 0.600. The Labute approximate surface area is 161 Å². The van der Waals surface area contributed by atoms with Gasteiger partial charge in [-0.05, 0) is 37.8 Å². The van der Waals surface area contributed by atoms with Crippen molar-refractivity contribution in [2.24, 2.45) is 5.92 Å². The fourth-order valence-electron chi connectivity index (χ4n) is 2.80. The highest BCUT2D eigenvalue weighted by Crippen LogP contribution is 2.26. The molecule has 1 fully saturated rings. The summed E-state index contributed by atoms with van der Waals surface area (Å²) in [4.78, 5) is 25.9. The van der Waals surface area contributed by atoms with Crippen LogP contribution in [0.3, 0.4) is 0 Å². The number of piperidine rings is 1. The summed E-state index contributed by atoms with van der Waals surface area (Å²) in [7, 11) is 0. The smallest absolute Gasteiger partial charge is 0.407 e. The Morgan fingerprint density at radius 2 is 1.78 bits per heavy atom. The van der Waals surface area contributed by atoms with Gasteiger partial charge >= 0.3 is 6.09 Å². The van der Waals surface area contributed by atoms with E-state index in [1.165, 1.54) is 0 Å². The highest BCUT2D eigenvalue weighted by molar-refractivity contribution is 5.78. The van der Waals surface area contributed by atoms with Crippen LogP contribution in [0.4, 0.5) is 4.79 Å². The molecule has 0 bridgehead atoms. The topological polar surface area (TPSA) is 77.1 Å². The second-order valence-corrected chi connectivity index (χ2v) is 6.96. The summed E-state index contributed by atoms with van der Waals surface area (Å²) >= 11 is 0. The Balaban J connectivity index is 1.73. The van der Waals surface area contributed by atoms with Gasteiger partial charge in [-0.25, -0.2) is 4.79 Å². The number of para-hydroxylation sites is 2. The van der Waals surface area contributed by atoms with Crippen molar-refractivity contribution in [2.45, 2.75) is 39.7 Å².